The highest BCUT2D eigenvalue weighted by Crippen LogP contribution is 2.20. The Bertz CT molecular complexity index is 403. The van der Waals surface area contributed by atoms with Gasteiger partial charge >= 0.3 is 0 Å². The lowest BCUT2D eigenvalue weighted by Crippen LogP contribution is -2.27. The van der Waals surface area contributed by atoms with Crippen molar-refractivity contribution in [2.75, 3.05) is 12.4 Å². The van der Waals surface area contributed by atoms with Crippen molar-refractivity contribution in [3.8, 4) is 0 Å². The van der Waals surface area contributed by atoms with Crippen LogP contribution in [0, 0.1) is 13.8 Å². The van der Waals surface area contributed by atoms with Crippen molar-refractivity contribution in [2.45, 2.75) is 20.4 Å². The molecular formula is C9H15NO3S2. The van der Waals surface area contributed by atoms with Gasteiger partial charge in [-0.15, -0.1) is 11.3 Å². The molecule has 1 aromatic rings. The first-order valence-electron chi connectivity index (χ1n) is 4.59. The number of aliphatic hydroxyl groups is 1. The molecule has 4 nitrogen and oxygen atoms in total. The van der Waals surface area contributed by atoms with Gasteiger partial charge in [-0.3, -0.25) is 0 Å². The molecule has 0 saturated heterocycles. The summed E-state index contributed by atoms with van der Waals surface area (Å²) in [6.45, 7) is 3.96. The number of aliphatic hydroxyl groups excluding tert-OH is 1. The molecule has 0 atom stereocenters. The normalized spacial score (nSPS) is 11.9. The molecule has 0 unspecified atom stereocenters. The van der Waals surface area contributed by atoms with Crippen molar-refractivity contribution in [3.63, 3.8) is 0 Å². The van der Waals surface area contributed by atoms with Crippen LogP contribution in [0.1, 0.15) is 15.3 Å². The first kappa shape index (κ1) is 12.6. The first-order valence-corrected chi connectivity index (χ1v) is 7.05. The lowest BCUT2D eigenvalue weighted by Gasteiger charge is -2.02. The summed E-state index contributed by atoms with van der Waals surface area (Å²) in [5, 5.41) is 8.53. The Hall–Kier alpha value is -0.430. The van der Waals surface area contributed by atoms with Gasteiger partial charge in [-0.2, -0.15) is 0 Å². The fourth-order valence-electron chi connectivity index (χ4n) is 1.11. The molecule has 0 aliphatic carbocycles. The number of sulfonamides is 1. The van der Waals surface area contributed by atoms with Gasteiger partial charge in [0.1, 0.15) is 0 Å². The van der Waals surface area contributed by atoms with Gasteiger partial charge in [-0.1, -0.05) is 0 Å². The monoisotopic (exact) mass is 249 g/mol. The highest BCUT2D eigenvalue weighted by Gasteiger charge is 2.09. The largest absolute Gasteiger partial charge is 0.395 e. The maximum atomic E-state index is 11.2. The van der Waals surface area contributed by atoms with E-state index in [9.17, 15) is 8.42 Å². The number of rotatable bonds is 5. The van der Waals surface area contributed by atoms with Crippen LogP contribution in [0.5, 0.6) is 0 Å². The van der Waals surface area contributed by atoms with Crippen LogP contribution in [0.15, 0.2) is 6.07 Å². The Morgan fingerprint density at radius 1 is 1.47 bits per heavy atom. The lowest BCUT2D eigenvalue weighted by atomic mass is 10.3. The summed E-state index contributed by atoms with van der Waals surface area (Å²) in [5.41, 5.74) is 1.18. The van der Waals surface area contributed by atoms with Crippen molar-refractivity contribution < 1.29 is 13.5 Å². The summed E-state index contributed by atoms with van der Waals surface area (Å²) < 4.78 is 24.9. The van der Waals surface area contributed by atoms with Crippen LogP contribution < -0.4 is 4.72 Å². The van der Waals surface area contributed by atoms with Crippen LogP contribution in [0.3, 0.4) is 0 Å². The zero-order valence-electron chi connectivity index (χ0n) is 8.78. The molecule has 2 N–H and O–H groups in total. The molecule has 1 rings (SSSR count). The molecule has 6 heteroatoms. The minimum atomic E-state index is -3.33. The Kier molecular flexibility index (Phi) is 4.27. The lowest BCUT2D eigenvalue weighted by molar-refractivity contribution is 0.319. The predicted molar refractivity (Wildman–Crippen MR) is 61.5 cm³/mol. The maximum absolute atomic E-state index is 11.2. The highest BCUT2D eigenvalue weighted by atomic mass is 32.2. The molecule has 1 heterocycles. The van der Waals surface area contributed by atoms with Crippen LogP contribution in [-0.4, -0.2) is 25.9 Å². The molecule has 15 heavy (non-hydrogen) atoms. The molecule has 0 amide bonds. The van der Waals surface area contributed by atoms with Gasteiger partial charge in [-0.25, -0.2) is 13.1 Å². The standard InChI is InChI=1S/C9H15NO3S2/c1-7-5-9(14-8(7)2)6-10-15(12,13)4-3-11/h5,10-11H,3-4,6H2,1-2H3. The molecule has 0 aromatic carbocycles. The van der Waals surface area contributed by atoms with E-state index in [1.165, 1.54) is 10.4 Å². The number of nitrogens with one attached hydrogen (secondary N) is 1. The SMILES string of the molecule is Cc1cc(CNS(=O)(=O)CCO)sc1C. The van der Waals surface area contributed by atoms with Gasteiger partial charge < -0.3 is 5.11 Å². The molecule has 0 radical (unpaired) electrons. The number of thiophene rings is 1. The maximum Gasteiger partial charge on any atom is 0.214 e. The van der Waals surface area contributed by atoms with Gasteiger partial charge in [0.2, 0.25) is 10.0 Å². The topological polar surface area (TPSA) is 66.4 Å². The molecule has 0 bridgehead atoms. The van der Waals surface area contributed by atoms with E-state index in [1.54, 1.807) is 11.3 Å². The fourth-order valence-corrected chi connectivity index (χ4v) is 2.95. The summed E-state index contributed by atoms with van der Waals surface area (Å²) >= 11 is 1.58. The van der Waals surface area contributed by atoms with Crippen molar-refractivity contribution in [3.05, 3.63) is 21.4 Å². The van der Waals surface area contributed by atoms with Gasteiger partial charge in [-0.05, 0) is 25.5 Å². The third kappa shape index (κ3) is 3.90. The molecule has 0 fully saturated rings. The van der Waals surface area contributed by atoms with Crippen molar-refractivity contribution in [2.24, 2.45) is 0 Å². The minimum Gasteiger partial charge on any atom is -0.395 e. The number of hydrogen-bond acceptors (Lipinski definition) is 4. The molecule has 0 saturated carbocycles. The van der Waals surface area contributed by atoms with E-state index in [-0.39, 0.29) is 12.4 Å². The van der Waals surface area contributed by atoms with Crippen LogP contribution in [0.4, 0.5) is 0 Å². The first-order chi connectivity index (χ1) is 6.94. The minimum absolute atomic E-state index is 0.240. The predicted octanol–water partition coefficient (Wildman–Crippen LogP) is 0.777. The van der Waals surface area contributed by atoms with Crippen molar-refractivity contribution in [1.82, 2.24) is 4.72 Å². The van der Waals surface area contributed by atoms with E-state index < -0.39 is 10.0 Å². The molecule has 86 valence electrons. The number of hydrogen-bond donors (Lipinski definition) is 2. The van der Waals surface area contributed by atoms with Crippen LogP contribution in [-0.2, 0) is 16.6 Å². The second-order valence-corrected chi connectivity index (χ2v) is 6.58. The highest BCUT2D eigenvalue weighted by molar-refractivity contribution is 7.89. The zero-order valence-corrected chi connectivity index (χ0v) is 10.4. The Balaban J connectivity index is 2.57. The van der Waals surface area contributed by atoms with E-state index in [0.29, 0.717) is 6.54 Å². The molecule has 0 aliphatic rings. The Morgan fingerprint density at radius 2 is 2.13 bits per heavy atom. The summed E-state index contributed by atoms with van der Waals surface area (Å²) in [4.78, 5) is 2.19. The van der Waals surface area contributed by atoms with Gasteiger partial charge in [0, 0.05) is 16.3 Å². The van der Waals surface area contributed by atoms with E-state index >= 15 is 0 Å². The zero-order chi connectivity index (χ0) is 11.5. The summed E-state index contributed by atoms with van der Waals surface area (Å²) in [6.07, 6.45) is 0. The third-order valence-corrected chi connectivity index (χ3v) is 4.50. The van der Waals surface area contributed by atoms with Crippen LogP contribution >= 0.6 is 11.3 Å². The van der Waals surface area contributed by atoms with E-state index in [4.69, 9.17) is 5.11 Å². The Labute approximate surface area is 94.0 Å². The van der Waals surface area contributed by atoms with Gasteiger partial charge in [0.25, 0.3) is 0 Å². The molecular weight excluding hydrogens is 234 g/mol. The fraction of sp³-hybridized carbons (Fsp3) is 0.556. The van der Waals surface area contributed by atoms with E-state index in [1.807, 2.05) is 19.9 Å². The van der Waals surface area contributed by atoms with Crippen molar-refractivity contribution in [1.29, 1.82) is 0 Å². The third-order valence-electron chi connectivity index (χ3n) is 2.04. The average Bonchev–Trinajstić information content (AvgIpc) is 2.44. The van der Waals surface area contributed by atoms with E-state index in [0.717, 1.165) is 4.88 Å². The average molecular weight is 249 g/mol. The van der Waals surface area contributed by atoms with E-state index in [2.05, 4.69) is 4.72 Å². The molecule has 0 aliphatic heterocycles. The van der Waals surface area contributed by atoms with Gasteiger partial charge in [0.15, 0.2) is 0 Å². The van der Waals surface area contributed by atoms with Crippen LogP contribution in [0.2, 0.25) is 0 Å². The summed E-state index contributed by atoms with van der Waals surface area (Å²) in [5.74, 6) is -0.240. The molecule has 0 spiro atoms. The van der Waals surface area contributed by atoms with Gasteiger partial charge in [0.05, 0.1) is 12.4 Å². The molecule has 1 aromatic heterocycles. The van der Waals surface area contributed by atoms with Crippen molar-refractivity contribution >= 4 is 21.4 Å². The number of aryl methyl sites for hydroxylation is 2. The summed E-state index contributed by atoms with van der Waals surface area (Å²) in [6, 6.07) is 1.97. The smallest absolute Gasteiger partial charge is 0.214 e. The Morgan fingerprint density at radius 3 is 2.60 bits per heavy atom. The quantitative estimate of drug-likeness (QED) is 0.810. The summed E-state index contributed by atoms with van der Waals surface area (Å²) in [7, 11) is -3.33. The van der Waals surface area contributed by atoms with Crippen LogP contribution in [0.25, 0.3) is 0 Å². The second kappa shape index (κ2) is 5.07. The second-order valence-electron chi connectivity index (χ2n) is 3.32.